The van der Waals surface area contributed by atoms with Gasteiger partial charge in [0.1, 0.15) is 6.04 Å². The predicted molar refractivity (Wildman–Crippen MR) is 81.1 cm³/mol. The van der Waals surface area contributed by atoms with Crippen molar-refractivity contribution in [1.29, 1.82) is 0 Å². The number of nitrogens with zero attached hydrogens (tertiary/aromatic N) is 2. The molecule has 0 bridgehead atoms. The molecule has 1 saturated heterocycles. The molecular formula is C16H24N2O2. The first-order chi connectivity index (χ1) is 9.58. The minimum Gasteiger partial charge on any atom is -0.480 e. The highest BCUT2D eigenvalue weighted by molar-refractivity contribution is 5.73. The van der Waals surface area contributed by atoms with Crippen molar-refractivity contribution in [2.75, 3.05) is 25.5 Å². The molecule has 1 unspecified atom stereocenters. The number of carboxylic acids is 1. The molecule has 4 nitrogen and oxygen atoms in total. The molecule has 0 radical (unpaired) electrons. The lowest BCUT2D eigenvalue weighted by Gasteiger charge is -2.26. The molecular weight excluding hydrogens is 252 g/mol. The van der Waals surface area contributed by atoms with E-state index in [4.69, 9.17) is 0 Å². The molecule has 0 aliphatic carbocycles. The van der Waals surface area contributed by atoms with Crippen molar-refractivity contribution in [3.8, 4) is 0 Å². The largest absolute Gasteiger partial charge is 0.480 e. The van der Waals surface area contributed by atoms with Crippen molar-refractivity contribution in [3.63, 3.8) is 0 Å². The van der Waals surface area contributed by atoms with Gasteiger partial charge < -0.3 is 10.0 Å². The van der Waals surface area contributed by atoms with Gasteiger partial charge >= 0.3 is 5.97 Å². The number of carboxylic acid groups (broad SMARTS) is 1. The number of rotatable bonds is 4. The van der Waals surface area contributed by atoms with Crippen LogP contribution in [-0.4, -0.2) is 42.7 Å². The molecule has 110 valence electrons. The lowest BCUT2D eigenvalue weighted by Crippen LogP contribution is -2.40. The number of aliphatic carboxylic acids is 1. The van der Waals surface area contributed by atoms with Gasteiger partial charge in [0.2, 0.25) is 0 Å². The van der Waals surface area contributed by atoms with Gasteiger partial charge in [0.05, 0.1) is 0 Å². The first-order valence-corrected chi connectivity index (χ1v) is 7.31. The van der Waals surface area contributed by atoms with Crippen LogP contribution in [0.2, 0.25) is 0 Å². The van der Waals surface area contributed by atoms with Gasteiger partial charge in [-0.05, 0) is 37.1 Å². The van der Waals surface area contributed by atoms with Gasteiger partial charge in [0.15, 0.2) is 0 Å². The summed E-state index contributed by atoms with van der Waals surface area (Å²) in [5, 5.41) is 9.38. The maximum absolute atomic E-state index is 11.4. The van der Waals surface area contributed by atoms with Crippen molar-refractivity contribution in [1.82, 2.24) is 4.90 Å². The molecule has 1 aliphatic rings. The molecule has 1 N–H and O–H groups in total. The van der Waals surface area contributed by atoms with E-state index in [0.29, 0.717) is 0 Å². The Morgan fingerprint density at radius 3 is 2.55 bits per heavy atom. The summed E-state index contributed by atoms with van der Waals surface area (Å²) in [7, 11) is 4.04. The lowest BCUT2D eigenvalue weighted by atomic mass is 10.1. The Bertz CT molecular complexity index is 442. The smallest absolute Gasteiger partial charge is 0.320 e. The Labute approximate surface area is 121 Å². The second kappa shape index (κ2) is 6.75. The molecule has 0 saturated carbocycles. The lowest BCUT2D eigenvalue weighted by molar-refractivity contribution is -0.143. The third kappa shape index (κ3) is 3.73. The third-order valence-electron chi connectivity index (χ3n) is 3.99. The average Bonchev–Trinajstić information content (AvgIpc) is 2.65. The SMILES string of the molecule is CN(C)c1ccc(CN2CCCCCC2C(=O)O)cc1. The van der Waals surface area contributed by atoms with Crippen LogP contribution >= 0.6 is 0 Å². The fourth-order valence-electron chi connectivity index (χ4n) is 2.77. The Morgan fingerprint density at radius 2 is 1.95 bits per heavy atom. The van der Waals surface area contributed by atoms with Crippen LogP contribution in [0.1, 0.15) is 31.2 Å². The van der Waals surface area contributed by atoms with E-state index in [0.717, 1.165) is 38.8 Å². The summed E-state index contributed by atoms with van der Waals surface area (Å²) in [5.74, 6) is -0.684. The molecule has 20 heavy (non-hydrogen) atoms. The first-order valence-electron chi connectivity index (χ1n) is 7.31. The minimum absolute atomic E-state index is 0.328. The zero-order chi connectivity index (χ0) is 14.5. The maximum atomic E-state index is 11.4. The summed E-state index contributed by atoms with van der Waals surface area (Å²) in [5.41, 5.74) is 2.35. The van der Waals surface area contributed by atoms with E-state index in [-0.39, 0.29) is 6.04 Å². The Kier molecular flexibility index (Phi) is 5.01. The van der Waals surface area contributed by atoms with Crippen LogP contribution in [0.4, 0.5) is 5.69 Å². The number of carbonyl (C=O) groups is 1. The van der Waals surface area contributed by atoms with Gasteiger partial charge in [-0.2, -0.15) is 0 Å². The summed E-state index contributed by atoms with van der Waals surface area (Å²) in [6.07, 6.45) is 4.03. The molecule has 4 heteroatoms. The standard InChI is InChI=1S/C16H24N2O2/c1-17(2)14-9-7-13(8-10-14)12-18-11-5-3-4-6-15(18)16(19)20/h7-10,15H,3-6,11-12H2,1-2H3,(H,19,20). The van der Waals surface area contributed by atoms with Crippen molar-refractivity contribution >= 4 is 11.7 Å². The highest BCUT2D eigenvalue weighted by atomic mass is 16.4. The Balaban J connectivity index is 2.07. The summed E-state index contributed by atoms with van der Waals surface area (Å²) >= 11 is 0. The fourth-order valence-corrected chi connectivity index (χ4v) is 2.77. The van der Waals surface area contributed by atoms with E-state index in [2.05, 4.69) is 34.1 Å². The quantitative estimate of drug-likeness (QED) is 0.918. The molecule has 1 aliphatic heterocycles. The van der Waals surface area contributed by atoms with Crippen LogP contribution in [0.25, 0.3) is 0 Å². The number of likely N-dealkylation sites (tertiary alicyclic amines) is 1. The van der Waals surface area contributed by atoms with E-state index >= 15 is 0 Å². The summed E-state index contributed by atoms with van der Waals surface area (Å²) in [6.45, 7) is 1.61. The second-order valence-electron chi connectivity index (χ2n) is 5.73. The molecule has 1 aromatic carbocycles. The molecule has 1 atom stereocenters. The van der Waals surface area contributed by atoms with Gasteiger partial charge in [0, 0.05) is 26.3 Å². The molecule has 2 rings (SSSR count). The highest BCUT2D eigenvalue weighted by Gasteiger charge is 2.26. The van der Waals surface area contributed by atoms with Crippen molar-refractivity contribution in [2.24, 2.45) is 0 Å². The van der Waals surface area contributed by atoms with Crippen molar-refractivity contribution in [3.05, 3.63) is 29.8 Å². The molecule has 0 spiro atoms. The van der Waals surface area contributed by atoms with E-state index in [1.165, 1.54) is 11.3 Å². The minimum atomic E-state index is -0.684. The molecule has 1 aromatic rings. The topological polar surface area (TPSA) is 43.8 Å². The average molecular weight is 276 g/mol. The second-order valence-corrected chi connectivity index (χ2v) is 5.73. The van der Waals surface area contributed by atoms with Gasteiger partial charge in [0.25, 0.3) is 0 Å². The van der Waals surface area contributed by atoms with Crippen molar-refractivity contribution in [2.45, 2.75) is 38.3 Å². The molecule has 1 fully saturated rings. The van der Waals surface area contributed by atoms with Gasteiger partial charge in [-0.3, -0.25) is 9.69 Å². The number of anilines is 1. The zero-order valence-corrected chi connectivity index (χ0v) is 12.4. The summed E-state index contributed by atoms with van der Waals surface area (Å²) < 4.78 is 0. The maximum Gasteiger partial charge on any atom is 0.320 e. The van der Waals surface area contributed by atoms with Crippen LogP contribution in [0.3, 0.4) is 0 Å². The van der Waals surface area contributed by atoms with Crippen LogP contribution in [0.5, 0.6) is 0 Å². The molecule has 0 aromatic heterocycles. The third-order valence-corrected chi connectivity index (χ3v) is 3.99. The fraction of sp³-hybridized carbons (Fsp3) is 0.562. The van der Waals surface area contributed by atoms with Crippen LogP contribution in [0, 0.1) is 0 Å². The predicted octanol–water partition coefficient (Wildman–Crippen LogP) is 2.58. The highest BCUT2D eigenvalue weighted by Crippen LogP contribution is 2.20. The van der Waals surface area contributed by atoms with E-state index < -0.39 is 5.97 Å². The van der Waals surface area contributed by atoms with Crippen LogP contribution < -0.4 is 4.90 Å². The van der Waals surface area contributed by atoms with E-state index in [1.807, 2.05) is 14.1 Å². The van der Waals surface area contributed by atoms with Crippen LogP contribution in [-0.2, 0) is 11.3 Å². The monoisotopic (exact) mass is 276 g/mol. The number of benzene rings is 1. The van der Waals surface area contributed by atoms with Gasteiger partial charge in [-0.1, -0.05) is 25.0 Å². The Morgan fingerprint density at radius 1 is 1.25 bits per heavy atom. The summed E-state index contributed by atoms with van der Waals surface area (Å²) in [4.78, 5) is 15.6. The van der Waals surface area contributed by atoms with Gasteiger partial charge in [-0.15, -0.1) is 0 Å². The zero-order valence-electron chi connectivity index (χ0n) is 12.4. The van der Waals surface area contributed by atoms with E-state index in [1.54, 1.807) is 0 Å². The summed E-state index contributed by atoms with van der Waals surface area (Å²) in [6, 6.07) is 8.04. The Hall–Kier alpha value is -1.55. The number of hydrogen-bond donors (Lipinski definition) is 1. The number of hydrogen-bond acceptors (Lipinski definition) is 3. The first kappa shape index (κ1) is 14.9. The van der Waals surface area contributed by atoms with Crippen LogP contribution in [0.15, 0.2) is 24.3 Å². The molecule has 0 amide bonds. The van der Waals surface area contributed by atoms with Crippen molar-refractivity contribution < 1.29 is 9.90 Å². The normalized spacial score (nSPS) is 20.4. The molecule has 1 heterocycles. The van der Waals surface area contributed by atoms with Gasteiger partial charge in [-0.25, -0.2) is 0 Å². The van der Waals surface area contributed by atoms with E-state index in [9.17, 15) is 9.90 Å².